The molecule has 0 fully saturated rings. The zero-order valence-corrected chi connectivity index (χ0v) is 11.7. The van der Waals surface area contributed by atoms with E-state index in [4.69, 9.17) is 10.5 Å². The van der Waals surface area contributed by atoms with Crippen LogP contribution in [0.3, 0.4) is 0 Å². The van der Waals surface area contributed by atoms with E-state index >= 15 is 0 Å². The maximum Gasteiger partial charge on any atom is 0.331 e. The summed E-state index contributed by atoms with van der Waals surface area (Å²) in [5.41, 5.74) is 4.56. The number of carbonyl (C=O) groups excluding carboxylic acids is 2. The fourth-order valence-electron chi connectivity index (χ4n) is 1.13. The van der Waals surface area contributed by atoms with Crippen LogP contribution in [0.15, 0.2) is 0 Å². The quantitative estimate of drug-likeness (QED) is 0.703. The molecule has 0 aromatic carbocycles. The number of amides is 1. The fraction of sp³-hybridized carbons (Fsp3) is 0.818. The minimum Gasteiger partial charge on any atom is -0.464 e. The van der Waals surface area contributed by atoms with Gasteiger partial charge in [0.25, 0.3) is 0 Å². The standard InChI is InChI=1S/C11H22N2O3.ClH/c1-5-16-10(15)11(3,4)13-9(14)7-6-8(2)12;/h8H,5-7,12H2,1-4H3,(H,13,14);1H. The molecule has 0 aromatic heterocycles. The zero-order valence-electron chi connectivity index (χ0n) is 10.9. The van der Waals surface area contributed by atoms with Gasteiger partial charge in [0.2, 0.25) is 5.91 Å². The summed E-state index contributed by atoms with van der Waals surface area (Å²) in [6, 6.07) is -0.0172. The van der Waals surface area contributed by atoms with E-state index in [1.807, 2.05) is 6.92 Å². The molecule has 0 bridgehead atoms. The summed E-state index contributed by atoms with van der Waals surface area (Å²) in [5.74, 6) is -0.612. The Kier molecular flexibility index (Phi) is 9.06. The van der Waals surface area contributed by atoms with Crippen molar-refractivity contribution in [2.45, 2.75) is 52.1 Å². The van der Waals surface area contributed by atoms with Gasteiger partial charge in [0, 0.05) is 12.5 Å². The summed E-state index contributed by atoms with van der Waals surface area (Å²) < 4.78 is 4.85. The number of nitrogens with two attached hydrogens (primary N) is 1. The van der Waals surface area contributed by atoms with Crippen LogP contribution >= 0.6 is 12.4 Å². The van der Waals surface area contributed by atoms with Crippen molar-refractivity contribution < 1.29 is 14.3 Å². The number of hydrogen-bond donors (Lipinski definition) is 2. The van der Waals surface area contributed by atoms with Gasteiger partial charge in [-0.25, -0.2) is 4.79 Å². The van der Waals surface area contributed by atoms with Gasteiger partial charge in [0.05, 0.1) is 6.61 Å². The van der Waals surface area contributed by atoms with Crippen LogP contribution in [0.1, 0.15) is 40.5 Å². The molecule has 6 heteroatoms. The summed E-state index contributed by atoms with van der Waals surface area (Å²) in [7, 11) is 0. The molecule has 0 spiro atoms. The highest BCUT2D eigenvalue weighted by Gasteiger charge is 2.30. The first-order valence-electron chi connectivity index (χ1n) is 5.53. The minimum atomic E-state index is -0.981. The van der Waals surface area contributed by atoms with Crippen LogP contribution in [0.5, 0.6) is 0 Å². The van der Waals surface area contributed by atoms with Crippen molar-refractivity contribution in [1.29, 1.82) is 0 Å². The number of rotatable bonds is 6. The molecule has 3 N–H and O–H groups in total. The van der Waals surface area contributed by atoms with E-state index in [0.717, 1.165) is 0 Å². The van der Waals surface area contributed by atoms with Crippen LogP contribution in [0.4, 0.5) is 0 Å². The number of halogens is 1. The smallest absolute Gasteiger partial charge is 0.331 e. The lowest BCUT2D eigenvalue weighted by Gasteiger charge is -2.23. The third kappa shape index (κ3) is 7.99. The molecule has 17 heavy (non-hydrogen) atoms. The largest absolute Gasteiger partial charge is 0.464 e. The topological polar surface area (TPSA) is 81.4 Å². The van der Waals surface area contributed by atoms with Crippen molar-refractivity contribution in [3.05, 3.63) is 0 Å². The average Bonchev–Trinajstić information content (AvgIpc) is 2.14. The van der Waals surface area contributed by atoms with Crippen LogP contribution in [0, 0.1) is 0 Å². The molecule has 0 heterocycles. The summed E-state index contributed by atoms with van der Waals surface area (Å²) in [4.78, 5) is 23.0. The van der Waals surface area contributed by atoms with Crippen LogP contribution in [0.25, 0.3) is 0 Å². The number of nitrogens with one attached hydrogen (secondary N) is 1. The SMILES string of the molecule is CCOC(=O)C(C)(C)NC(=O)CCC(C)N.Cl. The first-order chi connectivity index (χ1) is 7.29. The van der Waals surface area contributed by atoms with E-state index in [1.54, 1.807) is 20.8 Å². The molecule has 0 aliphatic carbocycles. The Morgan fingerprint density at radius 3 is 2.35 bits per heavy atom. The van der Waals surface area contributed by atoms with Gasteiger partial charge < -0.3 is 15.8 Å². The van der Waals surface area contributed by atoms with Gasteiger partial charge in [-0.1, -0.05) is 0 Å². The van der Waals surface area contributed by atoms with Gasteiger partial charge in [-0.05, 0) is 34.1 Å². The molecular weight excluding hydrogens is 244 g/mol. The van der Waals surface area contributed by atoms with Crippen molar-refractivity contribution in [1.82, 2.24) is 5.32 Å². The predicted octanol–water partition coefficient (Wildman–Crippen LogP) is 0.994. The normalized spacial score (nSPS) is 12.3. The number of esters is 1. The van der Waals surface area contributed by atoms with Crippen molar-refractivity contribution in [2.75, 3.05) is 6.61 Å². The van der Waals surface area contributed by atoms with Gasteiger partial charge >= 0.3 is 5.97 Å². The van der Waals surface area contributed by atoms with Gasteiger partial charge in [0.15, 0.2) is 0 Å². The first kappa shape index (κ1) is 18.6. The lowest BCUT2D eigenvalue weighted by atomic mass is 10.1. The molecule has 0 radical (unpaired) electrons. The summed E-state index contributed by atoms with van der Waals surface area (Å²) in [6.07, 6.45) is 0.922. The lowest BCUT2D eigenvalue weighted by molar-refractivity contribution is -0.151. The maximum atomic E-state index is 11.5. The van der Waals surface area contributed by atoms with E-state index in [2.05, 4.69) is 5.32 Å². The first-order valence-corrected chi connectivity index (χ1v) is 5.53. The Hall–Kier alpha value is -0.810. The van der Waals surface area contributed by atoms with Crippen molar-refractivity contribution >= 4 is 24.3 Å². The highest BCUT2D eigenvalue weighted by Crippen LogP contribution is 2.06. The maximum absolute atomic E-state index is 11.5. The molecule has 0 aromatic rings. The molecule has 0 saturated heterocycles. The molecule has 1 unspecified atom stereocenters. The third-order valence-corrected chi connectivity index (χ3v) is 2.06. The lowest BCUT2D eigenvalue weighted by Crippen LogP contribution is -2.50. The van der Waals surface area contributed by atoms with Gasteiger partial charge in [-0.2, -0.15) is 0 Å². The highest BCUT2D eigenvalue weighted by molar-refractivity contribution is 5.87. The van der Waals surface area contributed by atoms with E-state index in [1.165, 1.54) is 0 Å². The molecule has 0 aliphatic heterocycles. The Morgan fingerprint density at radius 1 is 1.41 bits per heavy atom. The summed E-state index contributed by atoms with van der Waals surface area (Å²) in [6.45, 7) is 7.11. The monoisotopic (exact) mass is 266 g/mol. The average molecular weight is 267 g/mol. The molecule has 5 nitrogen and oxygen atoms in total. The molecular formula is C11H23ClN2O3. The number of carbonyl (C=O) groups is 2. The van der Waals surface area contributed by atoms with E-state index in [-0.39, 0.29) is 24.4 Å². The molecule has 102 valence electrons. The van der Waals surface area contributed by atoms with Gasteiger partial charge in [-0.15, -0.1) is 12.4 Å². The van der Waals surface area contributed by atoms with Crippen molar-refractivity contribution in [3.8, 4) is 0 Å². The second-order valence-corrected chi connectivity index (χ2v) is 4.41. The zero-order chi connectivity index (χ0) is 12.8. The molecule has 0 rings (SSSR count). The Labute approximate surface area is 109 Å². The highest BCUT2D eigenvalue weighted by atomic mass is 35.5. The summed E-state index contributed by atoms with van der Waals surface area (Å²) >= 11 is 0. The van der Waals surface area contributed by atoms with E-state index < -0.39 is 11.5 Å². The van der Waals surface area contributed by atoms with E-state index in [0.29, 0.717) is 19.4 Å². The molecule has 0 saturated carbocycles. The second-order valence-electron chi connectivity index (χ2n) is 4.41. The van der Waals surface area contributed by atoms with Crippen LogP contribution in [-0.2, 0) is 14.3 Å². The summed E-state index contributed by atoms with van der Waals surface area (Å²) in [5, 5.41) is 2.63. The fourth-order valence-corrected chi connectivity index (χ4v) is 1.13. The van der Waals surface area contributed by atoms with Crippen LogP contribution in [-0.4, -0.2) is 30.1 Å². The number of ether oxygens (including phenoxy) is 1. The van der Waals surface area contributed by atoms with E-state index in [9.17, 15) is 9.59 Å². The van der Waals surface area contributed by atoms with Crippen LogP contribution < -0.4 is 11.1 Å². The van der Waals surface area contributed by atoms with Gasteiger partial charge in [0.1, 0.15) is 5.54 Å². The minimum absolute atomic E-state index is 0. The van der Waals surface area contributed by atoms with Crippen molar-refractivity contribution in [2.24, 2.45) is 5.73 Å². The Bertz CT molecular complexity index is 255. The molecule has 0 aliphatic rings. The predicted molar refractivity (Wildman–Crippen MR) is 69.0 cm³/mol. The van der Waals surface area contributed by atoms with Gasteiger partial charge in [-0.3, -0.25) is 4.79 Å². The molecule has 1 amide bonds. The van der Waals surface area contributed by atoms with Crippen LogP contribution in [0.2, 0.25) is 0 Å². The van der Waals surface area contributed by atoms with Crippen molar-refractivity contribution in [3.63, 3.8) is 0 Å². The number of hydrogen-bond acceptors (Lipinski definition) is 4. The third-order valence-electron chi connectivity index (χ3n) is 2.06. The second kappa shape index (κ2) is 8.31. The molecule has 1 atom stereocenters. The Balaban J connectivity index is 0. The Morgan fingerprint density at radius 2 is 1.94 bits per heavy atom.